The molecule has 53 heavy (non-hydrogen) atoms. The van der Waals surface area contributed by atoms with E-state index in [1.54, 1.807) is 104 Å². The zero-order valence-corrected chi connectivity index (χ0v) is 33.8. The van der Waals surface area contributed by atoms with E-state index in [0.717, 1.165) is 0 Å². The van der Waals surface area contributed by atoms with Gasteiger partial charge in [-0.2, -0.15) is 0 Å². The van der Waals surface area contributed by atoms with Crippen LogP contribution in [0.5, 0.6) is 0 Å². The Morgan fingerprint density at radius 1 is 0.491 bits per heavy atom. The van der Waals surface area contributed by atoms with Crippen LogP contribution >= 0.6 is 0 Å². The van der Waals surface area contributed by atoms with E-state index in [-0.39, 0.29) is 0 Å². The molecule has 16 heteroatoms. The molecule has 0 aromatic heterocycles. The average molecular weight is 763 g/mol. The fourth-order valence-electron chi connectivity index (χ4n) is 4.59. The van der Waals surface area contributed by atoms with Crippen molar-refractivity contribution in [1.82, 2.24) is 0 Å². The van der Waals surface area contributed by atoms with Crippen LogP contribution < -0.4 is 0 Å². The minimum Gasteiger partial charge on any atom is -0.462 e. The molecule has 2 rings (SSSR count). The average Bonchev–Trinajstić information content (AvgIpc) is 2.98. The highest BCUT2D eigenvalue weighted by Gasteiger charge is 2.57. The van der Waals surface area contributed by atoms with E-state index in [2.05, 4.69) is 0 Å². The second-order valence-electron chi connectivity index (χ2n) is 18.7. The summed E-state index contributed by atoms with van der Waals surface area (Å²) in [5, 5.41) is 32.8. The highest BCUT2D eigenvalue weighted by Crippen LogP contribution is 2.37. The molecule has 3 N–H and O–H groups in total. The lowest BCUT2D eigenvalue weighted by molar-refractivity contribution is -0.358. The number of carbonyl (C=O) groups excluding carboxylic acids is 5. The van der Waals surface area contributed by atoms with Crippen molar-refractivity contribution in [2.45, 2.75) is 165 Å². The lowest BCUT2D eigenvalue weighted by Gasteiger charge is -2.48. The van der Waals surface area contributed by atoms with Crippen LogP contribution in [0.25, 0.3) is 0 Å². The number of aliphatic hydroxyl groups is 3. The maximum Gasteiger partial charge on any atom is 0.311 e. The second-order valence-corrected chi connectivity index (χ2v) is 18.7. The summed E-state index contributed by atoms with van der Waals surface area (Å²) in [5.74, 6) is -3.89. The molecule has 0 aromatic rings. The fourth-order valence-corrected chi connectivity index (χ4v) is 4.59. The molecule has 2 aliphatic heterocycles. The molecule has 0 bridgehead atoms. The van der Waals surface area contributed by atoms with Gasteiger partial charge in [0.25, 0.3) is 0 Å². The number of hydrogen-bond donors (Lipinski definition) is 3. The van der Waals surface area contributed by atoms with E-state index in [9.17, 15) is 39.3 Å². The number of carbonyl (C=O) groups is 5. The normalized spacial score (nSPS) is 30.2. The van der Waals surface area contributed by atoms with Gasteiger partial charge in [-0.05, 0) is 104 Å². The van der Waals surface area contributed by atoms with E-state index in [1.165, 1.54) is 0 Å². The van der Waals surface area contributed by atoms with Crippen LogP contribution in [0.2, 0.25) is 0 Å². The van der Waals surface area contributed by atoms with Crippen LogP contribution in [0.4, 0.5) is 0 Å². The first-order valence-electron chi connectivity index (χ1n) is 17.8. The molecule has 2 aliphatic rings. The molecule has 0 aromatic carbocycles. The van der Waals surface area contributed by atoms with Gasteiger partial charge in [-0.1, -0.05) is 0 Å². The van der Waals surface area contributed by atoms with Crippen LogP contribution in [0, 0.1) is 27.1 Å². The van der Waals surface area contributed by atoms with Crippen LogP contribution in [0.15, 0.2) is 0 Å². The van der Waals surface area contributed by atoms with Crippen molar-refractivity contribution < 1.29 is 77.2 Å². The van der Waals surface area contributed by atoms with Crippen molar-refractivity contribution >= 4 is 29.8 Å². The molecule has 0 aliphatic carbocycles. The molecular formula is C37H62O16. The molecule has 306 valence electrons. The molecule has 2 heterocycles. The Hall–Kier alpha value is -2.89. The van der Waals surface area contributed by atoms with Crippen molar-refractivity contribution in [3.63, 3.8) is 0 Å². The smallest absolute Gasteiger partial charge is 0.311 e. The van der Waals surface area contributed by atoms with Gasteiger partial charge in [0, 0.05) is 0 Å². The molecule has 16 nitrogen and oxygen atoms in total. The molecule has 0 saturated carbocycles. The van der Waals surface area contributed by atoms with Gasteiger partial charge < -0.3 is 53.2 Å². The number of aliphatic hydroxyl groups excluding tert-OH is 3. The van der Waals surface area contributed by atoms with Gasteiger partial charge in [0.2, 0.25) is 0 Å². The summed E-state index contributed by atoms with van der Waals surface area (Å²) in [6, 6.07) is 0. The Morgan fingerprint density at radius 3 is 1.26 bits per heavy atom. The largest absolute Gasteiger partial charge is 0.462 e. The molecule has 0 amide bonds. The molecule has 4 unspecified atom stereocenters. The number of ether oxygens (including phenoxy) is 8. The van der Waals surface area contributed by atoms with Crippen LogP contribution in [0.3, 0.4) is 0 Å². The van der Waals surface area contributed by atoms with E-state index in [4.69, 9.17) is 37.9 Å². The molecular weight excluding hydrogens is 700 g/mol. The third kappa shape index (κ3) is 12.3. The number of rotatable bonds is 9. The number of hydrogen-bond acceptors (Lipinski definition) is 16. The standard InChI is InChI=1S/C37H62O16/c1-33(2,3)28(41)46-17-19-21(23(51-30(43)35(7,8)9)24(26(40)47-19)52-31(44)36(10,11)12)49-27-25(53-32(45)37(13,14)15)22(20(39)18(16-38)48-27)50-29(42)34(4,5)6/h18-27,38-40H,16-17H2,1-15H3/t18?,19?,20-,21+,22?,23?,24-,25-,26+,27-/m0/s1. The summed E-state index contributed by atoms with van der Waals surface area (Å²) < 4.78 is 46.9. The lowest BCUT2D eigenvalue weighted by atomic mass is 9.93. The summed E-state index contributed by atoms with van der Waals surface area (Å²) in [6.07, 6.45) is -16.8. The monoisotopic (exact) mass is 762 g/mol. The van der Waals surface area contributed by atoms with E-state index >= 15 is 0 Å². The molecule has 10 atom stereocenters. The molecule has 2 fully saturated rings. The molecule has 2 saturated heterocycles. The van der Waals surface area contributed by atoms with Gasteiger partial charge in [-0.3, -0.25) is 24.0 Å². The van der Waals surface area contributed by atoms with Crippen molar-refractivity contribution in [3.8, 4) is 0 Å². The topological polar surface area (TPSA) is 220 Å². The van der Waals surface area contributed by atoms with Gasteiger partial charge in [0.05, 0.1) is 33.7 Å². The minimum atomic E-state index is -1.94. The van der Waals surface area contributed by atoms with Gasteiger partial charge in [0.15, 0.2) is 37.0 Å². The summed E-state index contributed by atoms with van der Waals surface area (Å²) in [6.45, 7) is 22.2. The minimum absolute atomic E-state index is 0.588. The van der Waals surface area contributed by atoms with Crippen LogP contribution in [-0.4, -0.2) is 120 Å². The first kappa shape index (κ1) is 46.3. The molecule has 0 radical (unpaired) electrons. The van der Waals surface area contributed by atoms with E-state index < -0.39 is 132 Å². The SMILES string of the molecule is CC(C)(C)C(=O)OCC1O[C@@H](O)[C@@H](OC(=O)C(C)(C)C)C(OC(=O)C(C)(C)C)[C@@H]1O[C@@H]1OC(CO)[C@H](O)C(OC(=O)C(C)(C)C)[C@@H]1OC(=O)C(C)(C)C. The highest BCUT2D eigenvalue weighted by atomic mass is 16.8. The zero-order chi connectivity index (χ0) is 41.2. The Morgan fingerprint density at radius 2 is 0.868 bits per heavy atom. The fraction of sp³-hybridized carbons (Fsp3) is 0.865. The maximum absolute atomic E-state index is 13.5. The van der Waals surface area contributed by atoms with Gasteiger partial charge >= 0.3 is 29.8 Å². The van der Waals surface area contributed by atoms with Crippen molar-refractivity contribution in [3.05, 3.63) is 0 Å². The number of esters is 5. The lowest BCUT2D eigenvalue weighted by Crippen LogP contribution is -2.67. The summed E-state index contributed by atoms with van der Waals surface area (Å²) >= 11 is 0. The van der Waals surface area contributed by atoms with Crippen molar-refractivity contribution in [2.75, 3.05) is 13.2 Å². The third-order valence-corrected chi connectivity index (χ3v) is 8.11. The third-order valence-electron chi connectivity index (χ3n) is 8.11. The summed E-state index contributed by atoms with van der Waals surface area (Å²) in [4.78, 5) is 66.1. The zero-order valence-electron chi connectivity index (χ0n) is 33.8. The van der Waals surface area contributed by atoms with E-state index in [1.807, 2.05) is 0 Å². The van der Waals surface area contributed by atoms with Crippen molar-refractivity contribution in [2.24, 2.45) is 27.1 Å². The Kier molecular flexibility index (Phi) is 14.7. The van der Waals surface area contributed by atoms with Crippen LogP contribution in [-0.2, 0) is 61.9 Å². The van der Waals surface area contributed by atoms with Crippen LogP contribution in [0.1, 0.15) is 104 Å². The Balaban J connectivity index is 2.83. The second kappa shape index (κ2) is 16.9. The first-order chi connectivity index (χ1) is 23.8. The van der Waals surface area contributed by atoms with Gasteiger partial charge in [-0.25, -0.2) is 0 Å². The highest BCUT2D eigenvalue weighted by molar-refractivity contribution is 5.78. The van der Waals surface area contributed by atoms with Gasteiger partial charge in [0.1, 0.15) is 31.0 Å². The van der Waals surface area contributed by atoms with E-state index in [0.29, 0.717) is 0 Å². The van der Waals surface area contributed by atoms with Gasteiger partial charge in [-0.15, -0.1) is 0 Å². The quantitative estimate of drug-likeness (QED) is 0.227. The first-order valence-corrected chi connectivity index (χ1v) is 17.8. The summed E-state index contributed by atoms with van der Waals surface area (Å²) in [5.41, 5.74) is -5.42. The maximum atomic E-state index is 13.5. The Bertz CT molecular complexity index is 1310. The van der Waals surface area contributed by atoms with Crippen molar-refractivity contribution in [1.29, 1.82) is 0 Å². The predicted molar refractivity (Wildman–Crippen MR) is 185 cm³/mol. The molecule has 0 spiro atoms. The Labute approximate surface area is 312 Å². The summed E-state index contributed by atoms with van der Waals surface area (Å²) in [7, 11) is 0. The predicted octanol–water partition coefficient (Wildman–Crippen LogP) is 2.59.